The van der Waals surface area contributed by atoms with Crippen molar-refractivity contribution in [3.05, 3.63) is 23.8 Å². The molecule has 0 spiro atoms. The first-order valence-corrected chi connectivity index (χ1v) is 4.84. The van der Waals surface area contributed by atoms with E-state index in [1.54, 1.807) is 0 Å². The van der Waals surface area contributed by atoms with Gasteiger partial charge in [-0.15, -0.1) is 0 Å². The molecule has 1 nitrogen and oxygen atoms in total. The predicted molar refractivity (Wildman–Crippen MR) is 54.1 cm³/mol. The van der Waals surface area contributed by atoms with Gasteiger partial charge in [-0.25, -0.2) is 0 Å². The van der Waals surface area contributed by atoms with E-state index in [1.807, 2.05) is 0 Å². The molecule has 0 fully saturated rings. The number of nitrogens with one attached hydrogen (secondary N) is 1. The van der Waals surface area contributed by atoms with Gasteiger partial charge in [0, 0.05) is 6.04 Å². The molecule has 1 N–H and O–H groups in total. The van der Waals surface area contributed by atoms with Crippen LogP contribution in [0.1, 0.15) is 27.2 Å². The fraction of sp³-hybridized carbons (Fsp3) is 0.636. The lowest BCUT2D eigenvalue weighted by Crippen LogP contribution is -2.36. The normalized spacial score (nSPS) is 28.8. The van der Waals surface area contributed by atoms with Crippen LogP contribution >= 0.6 is 0 Å². The highest BCUT2D eigenvalue weighted by atomic mass is 14.9. The van der Waals surface area contributed by atoms with Crippen LogP contribution in [0.25, 0.3) is 0 Å². The third kappa shape index (κ3) is 2.21. The Morgan fingerprint density at radius 3 is 2.83 bits per heavy atom. The Hall–Kier alpha value is -0.560. The highest BCUT2D eigenvalue weighted by molar-refractivity contribution is 5.24. The summed E-state index contributed by atoms with van der Waals surface area (Å²) in [5.74, 6) is 0.640. The molecule has 0 radical (unpaired) electrons. The maximum atomic E-state index is 3.55. The molecule has 0 bridgehead atoms. The van der Waals surface area contributed by atoms with Crippen molar-refractivity contribution in [3.8, 4) is 0 Å². The lowest BCUT2D eigenvalue weighted by molar-refractivity contribution is 0.475. The molecule has 1 rings (SSSR count). The van der Waals surface area contributed by atoms with E-state index in [-0.39, 0.29) is 0 Å². The number of hydrogen-bond donors (Lipinski definition) is 1. The van der Waals surface area contributed by atoms with Crippen molar-refractivity contribution in [1.29, 1.82) is 0 Å². The molecule has 0 saturated heterocycles. The molecular weight excluding hydrogens is 146 g/mol. The molecular formula is C11H19N. The van der Waals surface area contributed by atoms with E-state index in [0.717, 1.165) is 6.54 Å². The van der Waals surface area contributed by atoms with Crippen LogP contribution < -0.4 is 5.32 Å². The highest BCUT2D eigenvalue weighted by Gasteiger charge is 2.17. The van der Waals surface area contributed by atoms with Crippen molar-refractivity contribution in [2.75, 3.05) is 6.54 Å². The molecule has 0 aromatic rings. The zero-order chi connectivity index (χ0) is 8.97. The first kappa shape index (κ1) is 9.53. The zero-order valence-corrected chi connectivity index (χ0v) is 8.30. The summed E-state index contributed by atoms with van der Waals surface area (Å²) in [4.78, 5) is 0. The summed E-state index contributed by atoms with van der Waals surface area (Å²) in [7, 11) is 0. The van der Waals surface area contributed by atoms with Gasteiger partial charge < -0.3 is 5.32 Å². The molecule has 68 valence electrons. The first-order valence-electron chi connectivity index (χ1n) is 4.84. The lowest BCUT2D eigenvalue weighted by atomic mass is 9.91. The second-order valence-corrected chi connectivity index (χ2v) is 3.59. The first-order chi connectivity index (χ1) is 5.75. The Morgan fingerprint density at radius 2 is 2.25 bits per heavy atom. The lowest BCUT2D eigenvalue weighted by Gasteiger charge is -2.26. The second kappa shape index (κ2) is 4.46. The fourth-order valence-corrected chi connectivity index (χ4v) is 1.66. The minimum absolute atomic E-state index is 0.565. The summed E-state index contributed by atoms with van der Waals surface area (Å²) < 4.78 is 0. The molecule has 1 aliphatic carbocycles. The molecule has 1 aliphatic rings. The van der Waals surface area contributed by atoms with Crippen molar-refractivity contribution in [2.45, 2.75) is 33.2 Å². The van der Waals surface area contributed by atoms with Crippen molar-refractivity contribution < 1.29 is 0 Å². The van der Waals surface area contributed by atoms with Crippen LogP contribution in [-0.2, 0) is 0 Å². The predicted octanol–water partition coefficient (Wildman–Crippen LogP) is 2.51. The number of hydrogen-bond acceptors (Lipinski definition) is 1. The highest BCUT2D eigenvalue weighted by Crippen LogP contribution is 2.18. The van der Waals surface area contributed by atoms with E-state index in [9.17, 15) is 0 Å². The van der Waals surface area contributed by atoms with E-state index >= 15 is 0 Å². The Labute approximate surface area is 75.6 Å². The van der Waals surface area contributed by atoms with Gasteiger partial charge in [0.25, 0.3) is 0 Å². The average Bonchev–Trinajstić information content (AvgIpc) is 2.04. The summed E-state index contributed by atoms with van der Waals surface area (Å²) in [6.07, 6.45) is 7.83. The molecule has 0 saturated carbocycles. The molecule has 0 aliphatic heterocycles. The van der Waals surface area contributed by atoms with Crippen molar-refractivity contribution in [2.24, 2.45) is 5.92 Å². The van der Waals surface area contributed by atoms with Gasteiger partial charge >= 0.3 is 0 Å². The second-order valence-electron chi connectivity index (χ2n) is 3.59. The maximum Gasteiger partial charge on any atom is 0.0340 e. The number of rotatable bonds is 3. The molecule has 0 aromatic heterocycles. The van der Waals surface area contributed by atoms with Gasteiger partial charge in [-0.05, 0) is 25.8 Å². The van der Waals surface area contributed by atoms with Crippen molar-refractivity contribution in [3.63, 3.8) is 0 Å². The topological polar surface area (TPSA) is 12.0 Å². The summed E-state index contributed by atoms with van der Waals surface area (Å²) in [6.45, 7) is 7.79. The largest absolute Gasteiger partial charge is 0.310 e. The zero-order valence-electron chi connectivity index (χ0n) is 8.30. The van der Waals surface area contributed by atoms with Gasteiger partial charge in [0.15, 0.2) is 0 Å². The van der Waals surface area contributed by atoms with E-state index in [2.05, 4.69) is 44.3 Å². The van der Waals surface area contributed by atoms with Gasteiger partial charge in [0.1, 0.15) is 0 Å². The van der Waals surface area contributed by atoms with Crippen molar-refractivity contribution >= 4 is 0 Å². The van der Waals surface area contributed by atoms with Crippen LogP contribution in [0.5, 0.6) is 0 Å². The Balaban J connectivity index is 2.50. The molecule has 2 atom stereocenters. The summed E-state index contributed by atoms with van der Waals surface area (Å²) in [5.41, 5.74) is 1.46. The number of allylic oxidation sites excluding steroid dienone is 2. The Kier molecular flexibility index (Phi) is 3.54. The van der Waals surface area contributed by atoms with Gasteiger partial charge in [-0.2, -0.15) is 0 Å². The van der Waals surface area contributed by atoms with Crippen molar-refractivity contribution in [1.82, 2.24) is 5.32 Å². The maximum absolute atomic E-state index is 3.55. The average molecular weight is 165 g/mol. The molecule has 12 heavy (non-hydrogen) atoms. The minimum Gasteiger partial charge on any atom is -0.310 e. The van der Waals surface area contributed by atoms with Crippen LogP contribution in [0.4, 0.5) is 0 Å². The Bertz CT molecular complexity index is 191. The van der Waals surface area contributed by atoms with Crippen LogP contribution in [0, 0.1) is 5.92 Å². The molecule has 2 unspecified atom stereocenters. The quantitative estimate of drug-likeness (QED) is 0.677. The molecule has 1 heteroatoms. The SMILES string of the molecule is CCCNC1C(C)=CC=CC1C. The van der Waals surface area contributed by atoms with E-state index in [4.69, 9.17) is 0 Å². The van der Waals surface area contributed by atoms with Gasteiger partial charge in [0.2, 0.25) is 0 Å². The monoisotopic (exact) mass is 165 g/mol. The van der Waals surface area contributed by atoms with E-state index < -0.39 is 0 Å². The van der Waals surface area contributed by atoms with Gasteiger partial charge in [0.05, 0.1) is 0 Å². The van der Waals surface area contributed by atoms with Crippen LogP contribution in [0.3, 0.4) is 0 Å². The third-order valence-corrected chi connectivity index (χ3v) is 2.40. The van der Waals surface area contributed by atoms with Crippen LogP contribution in [-0.4, -0.2) is 12.6 Å². The van der Waals surface area contributed by atoms with Gasteiger partial charge in [-0.1, -0.05) is 37.6 Å². The van der Waals surface area contributed by atoms with E-state index in [1.165, 1.54) is 12.0 Å². The van der Waals surface area contributed by atoms with Crippen LogP contribution in [0.2, 0.25) is 0 Å². The molecule has 0 aromatic carbocycles. The third-order valence-electron chi connectivity index (χ3n) is 2.40. The summed E-state index contributed by atoms with van der Waals surface area (Å²) in [6, 6.07) is 0.565. The standard InChI is InChI=1S/C11H19N/c1-4-8-12-11-9(2)6-5-7-10(11)3/h5-7,9,11-12H,4,8H2,1-3H3. The fourth-order valence-electron chi connectivity index (χ4n) is 1.66. The summed E-state index contributed by atoms with van der Waals surface area (Å²) in [5, 5.41) is 3.55. The molecule has 0 heterocycles. The van der Waals surface area contributed by atoms with Crippen LogP contribution in [0.15, 0.2) is 23.8 Å². The Morgan fingerprint density at radius 1 is 1.50 bits per heavy atom. The summed E-state index contributed by atoms with van der Waals surface area (Å²) >= 11 is 0. The molecule has 0 amide bonds. The van der Waals surface area contributed by atoms with E-state index in [0.29, 0.717) is 12.0 Å². The van der Waals surface area contributed by atoms with Gasteiger partial charge in [-0.3, -0.25) is 0 Å². The smallest absolute Gasteiger partial charge is 0.0340 e. The minimum atomic E-state index is 0.565.